The number of hydrogen-bond acceptors (Lipinski definition) is 3. The van der Waals surface area contributed by atoms with Crippen LogP contribution in [0.2, 0.25) is 5.02 Å². The van der Waals surface area contributed by atoms with Gasteiger partial charge in [-0.05, 0) is 29.8 Å². The third-order valence-corrected chi connectivity index (χ3v) is 2.85. The van der Waals surface area contributed by atoms with Crippen LogP contribution in [0.4, 0.5) is 8.78 Å². The number of carbonyl (C=O) groups excluding carboxylic acids is 1. The molecule has 0 fully saturated rings. The number of halogens is 3. The molecule has 0 radical (unpaired) electrons. The van der Waals surface area contributed by atoms with Crippen molar-refractivity contribution in [2.75, 3.05) is 6.61 Å². The van der Waals surface area contributed by atoms with Gasteiger partial charge in [0.05, 0.1) is 11.2 Å². The van der Waals surface area contributed by atoms with Crippen molar-refractivity contribution < 1.29 is 18.3 Å². The number of hydrogen-bond donors (Lipinski definition) is 1. The molecule has 114 valence electrons. The van der Waals surface area contributed by atoms with E-state index in [1.54, 1.807) is 24.3 Å². The molecule has 0 heterocycles. The van der Waals surface area contributed by atoms with Crippen LogP contribution < -0.4 is 10.2 Å². The minimum atomic E-state index is -0.989. The molecule has 22 heavy (non-hydrogen) atoms. The molecule has 1 N–H and O–H groups in total. The molecule has 0 spiro atoms. The topological polar surface area (TPSA) is 50.7 Å². The third kappa shape index (κ3) is 4.53. The van der Waals surface area contributed by atoms with Crippen LogP contribution in [0, 0.1) is 11.6 Å². The van der Waals surface area contributed by atoms with Gasteiger partial charge in [-0.1, -0.05) is 29.8 Å². The smallest absolute Gasteiger partial charge is 0.277 e. The molecule has 0 unspecified atom stereocenters. The fourth-order valence-electron chi connectivity index (χ4n) is 1.51. The van der Waals surface area contributed by atoms with E-state index in [-0.39, 0.29) is 6.61 Å². The van der Waals surface area contributed by atoms with Gasteiger partial charge < -0.3 is 4.74 Å². The Kier molecular flexibility index (Phi) is 5.43. The van der Waals surface area contributed by atoms with Crippen LogP contribution in [0.5, 0.6) is 5.75 Å². The van der Waals surface area contributed by atoms with Crippen LogP contribution in [0.15, 0.2) is 47.6 Å². The zero-order valence-electron chi connectivity index (χ0n) is 11.2. The molecular formula is C15H11ClF2N2O2. The van der Waals surface area contributed by atoms with Crippen molar-refractivity contribution in [3.05, 3.63) is 64.7 Å². The molecule has 0 aromatic heterocycles. The molecule has 4 nitrogen and oxygen atoms in total. The van der Waals surface area contributed by atoms with E-state index in [9.17, 15) is 13.6 Å². The number of hydrazone groups is 1. The van der Waals surface area contributed by atoms with Crippen molar-refractivity contribution >= 4 is 23.7 Å². The first-order chi connectivity index (χ1) is 10.6. The van der Waals surface area contributed by atoms with Crippen molar-refractivity contribution in [1.82, 2.24) is 5.43 Å². The Morgan fingerprint density at radius 2 is 2.00 bits per heavy atom. The lowest BCUT2D eigenvalue weighted by atomic mass is 10.2. The molecule has 0 bridgehead atoms. The second kappa shape index (κ2) is 7.51. The van der Waals surface area contributed by atoms with Crippen LogP contribution in [0.3, 0.4) is 0 Å². The van der Waals surface area contributed by atoms with E-state index in [4.69, 9.17) is 16.3 Å². The second-order valence-electron chi connectivity index (χ2n) is 4.19. The molecule has 0 saturated carbocycles. The Balaban J connectivity index is 1.83. The highest BCUT2D eigenvalue weighted by molar-refractivity contribution is 6.32. The van der Waals surface area contributed by atoms with Crippen molar-refractivity contribution in [2.45, 2.75) is 0 Å². The molecule has 0 aliphatic rings. The van der Waals surface area contributed by atoms with Crippen molar-refractivity contribution in [3.63, 3.8) is 0 Å². The fourth-order valence-corrected chi connectivity index (χ4v) is 1.70. The van der Waals surface area contributed by atoms with Gasteiger partial charge in [0.1, 0.15) is 5.75 Å². The summed E-state index contributed by atoms with van der Waals surface area (Å²) in [6, 6.07) is 9.98. The summed E-state index contributed by atoms with van der Waals surface area (Å²) in [7, 11) is 0. The number of carbonyl (C=O) groups is 1. The maximum atomic E-state index is 13.0. The fraction of sp³-hybridized carbons (Fsp3) is 0.0667. The predicted molar refractivity (Wildman–Crippen MR) is 79.0 cm³/mol. The summed E-state index contributed by atoms with van der Waals surface area (Å²) in [6.07, 6.45) is 1.19. The normalized spacial score (nSPS) is 10.7. The van der Waals surface area contributed by atoms with Crippen LogP contribution in [-0.2, 0) is 4.79 Å². The number of rotatable bonds is 5. The van der Waals surface area contributed by atoms with Gasteiger partial charge in [-0.2, -0.15) is 5.10 Å². The van der Waals surface area contributed by atoms with Crippen LogP contribution in [0.1, 0.15) is 5.56 Å². The minimum Gasteiger partial charge on any atom is -0.482 e. The SMILES string of the molecule is O=C(COc1ccccc1Cl)N/N=C/c1ccc(F)c(F)c1. The molecule has 0 saturated heterocycles. The summed E-state index contributed by atoms with van der Waals surface area (Å²) < 4.78 is 30.9. The summed E-state index contributed by atoms with van der Waals surface area (Å²) in [5, 5.41) is 4.01. The van der Waals surface area contributed by atoms with Gasteiger partial charge in [0.25, 0.3) is 5.91 Å². The van der Waals surface area contributed by atoms with E-state index in [0.29, 0.717) is 16.3 Å². The van der Waals surface area contributed by atoms with Gasteiger partial charge in [0.15, 0.2) is 18.2 Å². The molecule has 0 aliphatic heterocycles. The number of nitrogens with zero attached hydrogens (tertiary/aromatic N) is 1. The largest absolute Gasteiger partial charge is 0.482 e. The molecule has 7 heteroatoms. The Hall–Kier alpha value is -2.47. The van der Waals surface area contributed by atoms with E-state index < -0.39 is 17.5 Å². The standard InChI is InChI=1S/C15H11ClF2N2O2/c16-11-3-1-2-4-14(11)22-9-15(21)20-19-8-10-5-6-12(17)13(18)7-10/h1-8H,9H2,(H,20,21)/b19-8+. The first-order valence-electron chi connectivity index (χ1n) is 6.20. The first-order valence-corrected chi connectivity index (χ1v) is 6.58. The number of para-hydroxylation sites is 1. The average molecular weight is 325 g/mol. The highest BCUT2D eigenvalue weighted by Gasteiger charge is 2.04. The quantitative estimate of drug-likeness (QED) is 0.678. The lowest BCUT2D eigenvalue weighted by Crippen LogP contribution is -2.24. The predicted octanol–water partition coefficient (Wildman–Crippen LogP) is 3.15. The summed E-state index contributed by atoms with van der Waals surface area (Å²) >= 11 is 5.87. The first kappa shape index (κ1) is 15.9. The van der Waals surface area contributed by atoms with E-state index in [0.717, 1.165) is 12.1 Å². The van der Waals surface area contributed by atoms with Gasteiger partial charge >= 0.3 is 0 Å². The highest BCUT2D eigenvalue weighted by atomic mass is 35.5. The maximum absolute atomic E-state index is 13.0. The Morgan fingerprint density at radius 1 is 1.23 bits per heavy atom. The van der Waals surface area contributed by atoms with E-state index in [1.807, 2.05) is 0 Å². The lowest BCUT2D eigenvalue weighted by Gasteiger charge is -2.06. The summed E-state index contributed by atoms with van der Waals surface area (Å²) in [5.41, 5.74) is 2.51. The van der Waals surface area contributed by atoms with Gasteiger partial charge in [-0.3, -0.25) is 4.79 Å². The highest BCUT2D eigenvalue weighted by Crippen LogP contribution is 2.22. The van der Waals surface area contributed by atoms with E-state index in [1.165, 1.54) is 12.3 Å². The number of benzene rings is 2. The third-order valence-electron chi connectivity index (χ3n) is 2.54. The zero-order valence-corrected chi connectivity index (χ0v) is 12.0. The molecule has 2 aromatic carbocycles. The van der Waals surface area contributed by atoms with Crippen LogP contribution >= 0.6 is 11.6 Å². The monoisotopic (exact) mass is 324 g/mol. The summed E-state index contributed by atoms with van der Waals surface area (Å²) in [5.74, 6) is -2.07. The van der Waals surface area contributed by atoms with Crippen LogP contribution in [-0.4, -0.2) is 18.7 Å². The summed E-state index contributed by atoms with van der Waals surface area (Å²) in [6.45, 7) is -0.279. The summed E-state index contributed by atoms with van der Waals surface area (Å²) in [4.78, 5) is 11.5. The van der Waals surface area contributed by atoms with Gasteiger partial charge in [-0.15, -0.1) is 0 Å². The molecule has 2 aromatic rings. The van der Waals surface area contributed by atoms with Crippen molar-refractivity contribution in [3.8, 4) is 5.75 Å². The molecule has 0 atom stereocenters. The van der Waals surface area contributed by atoms with Crippen molar-refractivity contribution in [1.29, 1.82) is 0 Å². The zero-order chi connectivity index (χ0) is 15.9. The minimum absolute atomic E-state index is 0.279. The molecule has 0 aliphatic carbocycles. The molecule has 1 amide bonds. The van der Waals surface area contributed by atoms with E-state index in [2.05, 4.69) is 10.5 Å². The number of amides is 1. The van der Waals surface area contributed by atoms with E-state index >= 15 is 0 Å². The molecular weight excluding hydrogens is 314 g/mol. The Labute approximate surface area is 130 Å². The second-order valence-corrected chi connectivity index (χ2v) is 4.59. The van der Waals surface area contributed by atoms with Crippen LogP contribution in [0.25, 0.3) is 0 Å². The Bertz CT molecular complexity index is 708. The van der Waals surface area contributed by atoms with Crippen molar-refractivity contribution in [2.24, 2.45) is 5.10 Å². The number of nitrogens with one attached hydrogen (secondary N) is 1. The van der Waals surface area contributed by atoms with Gasteiger partial charge in [-0.25, -0.2) is 14.2 Å². The van der Waals surface area contributed by atoms with Gasteiger partial charge in [0, 0.05) is 0 Å². The Morgan fingerprint density at radius 3 is 2.73 bits per heavy atom. The van der Waals surface area contributed by atoms with Gasteiger partial charge in [0.2, 0.25) is 0 Å². The maximum Gasteiger partial charge on any atom is 0.277 e. The number of ether oxygens (including phenoxy) is 1. The molecule has 2 rings (SSSR count). The lowest BCUT2D eigenvalue weighted by molar-refractivity contribution is -0.123. The average Bonchev–Trinajstić information content (AvgIpc) is 2.50.